The molecule has 98 valence electrons. The van der Waals surface area contributed by atoms with Crippen molar-refractivity contribution < 1.29 is 13.6 Å². The quantitative estimate of drug-likeness (QED) is 0.588. The number of nitrogens with zero attached hydrogens (tertiary/aromatic N) is 4. The molecule has 2 N–H and O–H groups in total. The molecule has 0 unspecified atom stereocenters. The Labute approximate surface area is 111 Å². The molecule has 0 saturated carbocycles. The standard InChI is InChI=1S/C12H7N5O3/c13-10-9(15-20-16-10)12-14-11(17-19-12)8-5-6-3-1-2-4-7(6)18-8/h1-5H,(H2,13,16). The van der Waals surface area contributed by atoms with Crippen LogP contribution in [0, 0.1) is 0 Å². The van der Waals surface area contributed by atoms with Gasteiger partial charge in [-0.15, -0.1) is 0 Å². The molecule has 0 radical (unpaired) electrons. The SMILES string of the molecule is Nc1nonc1-c1nc(-c2cc3ccccc3o2)no1. The van der Waals surface area contributed by atoms with E-state index in [1.54, 1.807) is 0 Å². The Morgan fingerprint density at radius 3 is 2.75 bits per heavy atom. The molecule has 4 aromatic rings. The highest BCUT2D eigenvalue weighted by molar-refractivity contribution is 5.81. The van der Waals surface area contributed by atoms with Crippen LogP contribution in [-0.2, 0) is 0 Å². The maximum atomic E-state index is 5.64. The van der Waals surface area contributed by atoms with Gasteiger partial charge in [0.05, 0.1) is 0 Å². The Hall–Kier alpha value is -3.16. The molecule has 8 nitrogen and oxygen atoms in total. The summed E-state index contributed by atoms with van der Waals surface area (Å²) in [5.74, 6) is 1.01. The Kier molecular flexibility index (Phi) is 2.10. The molecule has 0 saturated heterocycles. The molecule has 0 aliphatic heterocycles. The lowest BCUT2D eigenvalue weighted by molar-refractivity contribution is 0.308. The Balaban J connectivity index is 1.80. The number of benzene rings is 1. The van der Waals surface area contributed by atoms with Gasteiger partial charge >= 0.3 is 0 Å². The van der Waals surface area contributed by atoms with E-state index in [9.17, 15) is 0 Å². The Bertz CT molecular complexity index is 858. The second-order valence-corrected chi connectivity index (χ2v) is 4.07. The monoisotopic (exact) mass is 269 g/mol. The lowest BCUT2D eigenvalue weighted by atomic mass is 10.2. The van der Waals surface area contributed by atoms with E-state index in [2.05, 4.69) is 25.1 Å². The van der Waals surface area contributed by atoms with Gasteiger partial charge < -0.3 is 14.7 Å². The number of rotatable bonds is 2. The van der Waals surface area contributed by atoms with Gasteiger partial charge in [-0.1, -0.05) is 23.4 Å². The van der Waals surface area contributed by atoms with Crippen LogP contribution in [0.1, 0.15) is 0 Å². The van der Waals surface area contributed by atoms with Crippen molar-refractivity contribution in [2.45, 2.75) is 0 Å². The number of fused-ring (bicyclic) bond motifs is 1. The van der Waals surface area contributed by atoms with Gasteiger partial charge in [0, 0.05) is 5.39 Å². The van der Waals surface area contributed by atoms with Crippen LogP contribution in [-0.4, -0.2) is 20.5 Å². The third-order valence-electron chi connectivity index (χ3n) is 2.79. The summed E-state index contributed by atoms with van der Waals surface area (Å²) >= 11 is 0. The summed E-state index contributed by atoms with van der Waals surface area (Å²) in [6, 6.07) is 9.43. The highest BCUT2D eigenvalue weighted by atomic mass is 16.6. The fourth-order valence-corrected chi connectivity index (χ4v) is 1.86. The van der Waals surface area contributed by atoms with Crippen LogP contribution < -0.4 is 5.73 Å². The van der Waals surface area contributed by atoms with E-state index in [1.165, 1.54) is 0 Å². The first-order valence-electron chi connectivity index (χ1n) is 5.72. The van der Waals surface area contributed by atoms with Gasteiger partial charge in [0.1, 0.15) is 5.58 Å². The Morgan fingerprint density at radius 1 is 1.05 bits per heavy atom. The van der Waals surface area contributed by atoms with Crippen molar-refractivity contribution in [2.75, 3.05) is 5.73 Å². The summed E-state index contributed by atoms with van der Waals surface area (Å²) in [4.78, 5) is 4.17. The average molecular weight is 269 g/mol. The largest absolute Gasteiger partial charge is 0.453 e. The van der Waals surface area contributed by atoms with Crippen molar-refractivity contribution >= 4 is 16.8 Å². The number of nitrogens with two attached hydrogens (primary N) is 1. The average Bonchev–Trinajstić information content (AvgIpc) is 3.15. The zero-order chi connectivity index (χ0) is 13.5. The second-order valence-electron chi connectivity index (χ2n) is 4.07. The minimum absolute atomic E-state index is 0.0878. The summed E-state index contributed by atoms with van der Waals surface area (Å²) in [5.41, 5.74) is 6.52. The summed E-state index contributed by atoms with van der Waals surface area (Å²) in [6.07, 6.45) is 0. The number of para-hydroxylation sites is 1. The predicted octanol–water partition coefficient (Wildman–Crippen LogP) is 2.11. The van der Waals surface area contributed by atoms with Gasteiger partial charge in [-0.05, 0) is 22.4 Å². The minimum Gasteiger partial charge on any atom is -0.453 e. The van der Waals surface area contributed by atoms with E-state index in [-0.39, 0.29) is 17.4 Å². The van der Waals surface area contributed by atoms with E-state index < -0.39 is 0 Å². The molecular weight excluding hydrogens is 262 g/mol. The van der Waals surface area contributed by atoms with Gasteiger partial charge in [0.25, 0.3) is 5.89 Å². The maximum Gasteiger partial charge on any atom is 0.284 e. The second kappa shape index (κ2) is 3.92. The predicted molar refractivity (Wildman–Crippen MR) is 67.2 cm³/mol. The van der Waals surface area contributed by atoms with Gasteiger partial charge in [-0.2, -0.15) is 4.98 Å². The van der Waals surface area contributed by atoms with Crippen molar-refractivity contribution in [3.63, 3.8) is 0 Å². The number of nitrogen functional groups attached to an aromatic ring is 1. The molecule has 4 rings (SSSR count). The van der Waals surface area contributed by atoms with E-state index in [0.29, 0.717) is 11.6 Å². The van der Waals surface area contributed by atoms with E-state index in [0.717, 1.165) is 11.0 Å². The third kappa shape index (κ3) is 1.55. The molecule has 8 heteroatoms. The number of aromatic nitrogens is 4. The van der Waals surface area contributed by atoms with Crippen LogP contribution in [0.5, 0.6) is 0 Å². The summed E-state index contributed by atoms with van der Waals surface area (Å²) in [7, 11) is 0. The molecule has 0 aliphatic carbocycles. The van der Waals surface area contributed by atoms with Crippen molar-refractivity contribution in [2.24, 2.45) is 0 Å². The molecule has 3 aromatic heterocycles. The molecular formula is C12H7N5O3. The number of furan rings is 1. The molecule has 0 fully saturated rings. The van der Waals surface area contributed by atoms with Gasteiger partial charge in [-0.25, -0.2) is 4.63 Å². The fourth-order valence-electron chi connectivity index (χ4n) is 1.86. The molecule has 0 bridgehead atoms. The van der Waals surface area contributed by atoms with Crippen molar-refractivity contribution in [1.82, 2.24) is 20.5 Å². The summed E-state index contributed by atoms with van der Waals surface area (Å²) in [5, 5.41) is 11.8. The summed E-state index contributed by atoms with van der Waals surface area (Å²) in [6.45, 7) is 0. The first-order valence-corrected chi connectivity index (χ1v) is 5.72. The topological polar surface area (TPSA) is 117 Å². The Morgan fingerprint density at radius 2 is 1.95 bits per heavy atom. The zero-order valence-corrected chi connectivity index (χ0v) is 9.98. The lowest BCUT2D eigenvalue weighted by Crippen LogP contribution is -1.88. The van der Waals surface area contributed by atoms with Crippen molar-refractivity contribution in [1.29, 1.82) is 0 Å². The fraction of sp³-hybridized carbons (Fsp3) is 0. The van der Waals surface area contributed by atoms with Crippen molar-refractivity contribution in [3.05, 3.63) is 30.3 Å². The van der Waals surface area contributed by atoms with Gasteiger partial charge in [-0.3, -0.25) is 0 Å². The highest BCUT2D eigenvalue weighted by Crippen LogP contribution is 2.28. The zero-order valence-electron chi connectivity index (χ0n) is 9.98. The van der Waals surface area contributed by atoms with Crippen LogP contribution in [0.15, 0.2) is 43.9 Å². The molecule has 0 aliphatic rings. The van der Waals surface area contributed by atoms with E-state index in [4.69, 9.17) is 14.7 Å². The van der Waals surface area contributed by atoms with Crippen LogP contribution in [0.4, 0.5) is 5.82 Å². The van der Waals surface area contributed by atoms with Crippen molar-refractivity contribution in [3.8, 4) is 23.2 Å². The van der Waals surface area contributed by atoms with Gasteiger partial charge in [0.15, 0.2) is 5.76 Å². The minimum atomic E-state index is 0.0878. The number of hydrogen-bond acceptors (Lipinski definition) is 8. The van der Waals surface area contributed by atoms with E-state index in [1.807, 2.05) is 30.3 Å². The molecule has 20 heavy (non-hydrogen) atoms. The molecule has 3 heterocycles. The van der Waals surface area contributed by atoms with Crippen LogP contribution in [0.25, 0.3) is 34.1 Å². The molecule has 0 spiro atoms. The van der Waals surface area contributed by atoms with Crippen LogP contribution in [0.3, 0.4) is 0 Å². The first kappa shape index (κ1) is 10.7. The number of anilines is 1. The lowest BCUT2D eigenvalue weighted by Gasteiger charge is -1.85. The third-order valence-corrected chi connectivity index (χ3v) is 2.79. The molecule has 0 atom stereocenters. The smallest absolute Gasteiger partial charge is 0.284 e. The van der Waals surface area contributed by atoms with Crippen LogP contribution in [0.2, 0.25) is 0 Å². The van der Waals surface area contributed by atoms with E-state index >= 15 is 0 Å². The van der Waals surface area contributed by atoms with Gasteiger partial charge in [0.2, 0.25) is 17.3 Å². The normalized spacial score (nSPS) is 11.2. The number of hydrogen-bond donors (Lipinski definition) is 1. The highest BCUT2D eigenvalue weighted by Gasteiger charge is 2.19. The first-order chi connectivity index (χ1) is 9.81. The molecule has 1 aromatic carbocycles. The summed E-state index contributed by atoms with van der Waals surface area (Å²) < 4.78 is 15.2. The van der Waals surface area contributed by atoms with Crippen LogP contribution >= 0.6 is 0 Å². The molecule has 0 amide bonds. The maximum absolute atomic E-state index is 5.64.